The first-order chi connectivity index (χ1) is 9.83. The largest absolute Gasteiger partial charge is 0.275 e. The molecule has 0 aliphatic carbocycles. The van der Waals surface area contributed by atoms with Gasteiger partial charge in [-0.3, -0.25) is 4.72 Å². The maximum absolute atomic E-state index is 13.4. The normalized spacial score (nSPS) is 11.0. The van der Waals surface area contributed by atoms with Crippen LogP contribution in [0.25, 0.3) is 0 Å². The second-order valence-electron chi connectivity index (χ2n) is 4.17. The standard InChI is InChI=1S/C13H9F2N3O2S/c1-8-6-10(3-2-9(8)7-16)21(19,20)18-11-4-5-12(14)17-13(11)15/h2-6,18H,1H3. The molecule has 0 saturated heterocycles. The zero-order valence-electron chi connectivity index (χ0n) is 10.8. The van der Waals surface area contributed by atoms with E-state index in [-0.39, 0.29) is 4.90 Å². The molecular weight excluding hydrogens is 300 g/mol. The van der Waals surface area contributed by atoms with Crippen molar-refractivity contribution in [3.63, 3.8) is 0 Å². The Labute approximate surface area is 119 Å². The molecule has 0 aliphatic heterocycles. The lowest BCUT2D eigenvalue weighted by molar-refractivity contribution is 0.515. The van der Waals surface area contributed by atoms with Crippen molar-refractivity contribution in [1.82, 2.24) is 4.98 Å². The number of nitrogens with one attached hydrogen (secondary N) is 1. The average molecular weight is 309 g/mol. The highest BCUT2D eigenvalue weighted by Gasteiger charge is 2.18. The number of nitrogens with zero attached hydrogens (tertiary/aromatic N) is 2. The highest BCUT2D eigenvalue weighted by atomic mass is 32.2. The molecule has 2 aromatic rings. The number of nitriles is 1. The van der Waals surface area contributed by atoms with E-state index in [0.717, 1.165) is 12.1 Å². The van der Waals surface area contributed by atoms with Crippen LogP contribution in [0.5, 0.6) is 0 Å². The molecule has 1 aromatic carbocycles. The zero-order valence-corrected chi connectivity index (χ0v) is 11.6. The van der Waals surface area contributed by atoms with E-state index in [0.29, 0.717) is 11.1 Å². The molecular formula is C13H9F2N3O2S. The van der Waals surface area contributed by atoms with E-state index >= 15 is 0 Å². The van der Waals surface area contributed by atoms with Crippen molar-refractivity contribution in [2.24, 2.45) is 0 Å². The van der Waals surface area contributed by atoms with Crippen molar-refractivity contribution in [2.75, 3.05) is 4.72 Å². The summed E-state index contributed by atoms with van der Waals surface area (Å²) in [6.07, 6.45) is 0. The third kappa shape index (κ3) is 3.14. The summed E-state index contributed by atoms with van der Waals surface area (Å²) in [5.74, 6) is -2.31. The number of sulfonamides is 1. The van der Waals surface area contributed by atoms with Crippen LogP contribution in [-0.4, -0.2) is 13.4 Å². The molecule has 8 heteroatoms. The van der Waals surface area contributed by atoms with Gasteiger partial charge in [-0.1, -0.05) is 0 Å². The quantitative estimate of drug-likeness (QED) is 0.882. The number of hydrogen-bond acceptors (Lipinski definition) is 4. The lowest BCUT2D eigenvalue weighted by Crippen LogP contribution is -2.15. The summed E-state index contributed by atoms with van der Waals surface area (Å²) in [6.45, 7) is 1.58. The molecule has 1 aromatic heterocycles. The smallest absolute Gasteiger partial charge is 0.262 e. The second-order valence-corrected chi connectivity index (χ2v) is 5.85. The zero-order chi connectivity index (χ0) is 15.6. The van der Waals surface area contributed by atoms with Crippen LogP contribution in [0.4, 0.5) is 14.5 Å². The van der Waals surface area contributed by atoms with Crippen LogP contribution < -0.4 is 4.72 Å². The molecule has 1 N–H and O–H groups in total. The fourth-order valence-electron chi connectivity index (χ4n) is 1.62. The number of aryl methyl sites for hydroxylation is 1. The predicted octanol–water partition coefficient (Wildman–Crippen LogP) is 2.34. The fraction of sp³-hybridized carbons (Fsp3) is 0.0769. The van der Waals surface area contributed by atoms with Crippen LogP contribution >= 0.6 is 0 Å². The highest BCUT2D eigenvalue weighted by Crippen LogP contribution is 2.20. The van der Waals surface area contributed by atoms with Gasteiger partial charge >= 0.3 is 0 Å². The summed E-state index contributed by atoms with van der Waals surface area (Å²) in [5.41, 5.74) is 0.347. The Morgan fingerprint density at radius 3 is 2.52 bits per heavy atom. The Bertz CT molecular complexity index is 845. The number of halogens is 2. The first-order valence-electron chi connectivity index (χ1n) is 5.69. The van der Waals surface area contributed by atoms with Gasteiger partial charge in [-0.2, -0.15) is 19.0 Å². The highest BCUT2D eigenvalue weighted by molar-refractivity contribution is 7.92. The number of rotatable bonds is 3. The van der Waals surface area contributed by atoms with Crippen LogP contribution in [0.3, 0.4) is 0 Å². The van der Waals surface area contributed by atoms with Gasteiger partial charge in [0.25, 0.3) is 10.0 Å². The number of hydrogen-bond donors (Lipinski definition) is 1. The first kappa shape index (κ1) is 14.9. The summed E-state index contributed by atoms with van der Waals surface area (Å²) >= 11 is 0. The van der Waals surface area contributed by atoms with Crippen molar-refractivity contribution >= 4 is 15.7 Å². The molecule has 0 amide bonds. The van der Waals surface area contributed by atoms with Gasteiger partial charge in [0.15, 0.2) is 0 Å². The third-order valence-electron chi connectivity index (χ3n) is 2.69. The molecule has 0 spiro atoms. The molecule has 1 heterocycles. The molecule has 0 atom stereocenters. The first-order valence-corrected chi connectivity index (χ1v) is 7.17. The molecule has 0 unspecified atom stereocenters. The molecule has 0 bridgehead atoms. The van der Waals surface area contributed by atoms with Crippen molar-refractivity contribution in [1.29, 1.82) is 5.26 Å². The van der Waals surface area contributed by atoms with Crippen LogP contribution in [0.2, 0.25) is 0 Å². The topological polar surface area (TPSA) is 82.8 Å². The van der Waals surface area contributed by atoms with Gasteiger partial charge in [-0.15, -0.1) is 0 Å². The maximum Gasteiger partial charge on any atom is 0.262 e. The van der Waals surface area contributed by atoms with Gasteiger partial charge in [0.1, 0.15) is 5.69 Å². The fourth-order valence-corrected chi connectivity index (χ4v) is 2.76. The molecule has 0 radical (unpaired) electrons. The minimum absolute atomic E-state index is 0.136. The number of pyridine rings is 1. The summed E-state index contributed by atoms with van der Waals surface area (Å²) < 4.78 is 52.3. The second kappa shape index (κ2) is 5.46. The molecule has 0 aliphatic rings. The Kier molecular flexibility index (Phi) is 3.86. The molecule has 108 valence electrons. The molecule has 0 fully saturated rings. The minimum atomic E-state index is -4.06. The number of anilines is 1. The van der Waals surface area contributed by atoms with Gasteiger partial charge in [0.2, 0.25) is 11.9 Å². The third-order valence-corrected chi connectivity index (χ3v) is 4.05. The number of aromatic nitrogens is 1. The van der Waals surface area contributed by atoms with E-state index < -0.39 is 27.6 Å². The Balaban J connectivity index is 2.39. The van der Waals surface area contributed by atoms with Gasteiger partial charge in [-0.05, 0) is 42.8 Å². The van der Waals surface area contributed by atoms with Crippen molar-refractivity contribution in [3.05, 3.63) is 53.4 Å². The Morgan fingerprint density at radius 1 is 1.24 bits per heavy atom. The van der Waals surface area contributed by atoms with Gasteiger partial charge in [0.05, 0.1) is 16.5 Å². The minimum Gasteiger partial charge on any atom is -0.275 e. The lowest BCUT2D eigenvalue weighted by Gasteiger charge is -2.09. The van der Waals surface area contributed by atoms with E-state index in [9.17, 15) is 17.2 Å². The predicted molar refractivity (Wildman–Crippen MR) is 70.9 cm³/mol. The summed E-state index contributed by atoms with van der Waals surface area (Å²) in [6, 6.07) is 7.55. The molecule has 0 saturated carbocycles. The van der Waals surface area contributed by atoms with E-state index in [1.165, 1.54) is 18.2 Å². The summed E-state index contributed by atoms with van der Waals surface area (Å²) in [7, 11) is -4.06. The van der Waals surface area contributed by atoms with Gasteiger partial charge in [0, 0.05) is 0 Å². The van der Waals surface area contributed by atoms with E-state index in [1.54, 1.807) is 6.92 Å². The van der Waals surface area contributed by atoms with E-state index in [4.69, 9.17) is 5.26 Å². The van der Waals surface area contributed by atoms with E-state index in [2.05, 4.69) is 4.98 Å². The van der Waals surface area contributed by atoms with Crippen LogP contribution in [0.15, 0.2) is 35.2 Å². The van der Waals surface area contributed by atoms with Crippen LogP contribution in [-0.2, 0) is 10.0 Å². The van der Waals surface area contributed by atoms with Gasteiger partial charge < -0.3 is 0 Å². The Hall–Kier alpha value is -2.53. The van der Waals surface area contributed by atoms with Gasteiger partial charge in [-0.25, -0.2) is 8.42 Å². The monoisotopic (exact) mass is 309 g/mol. The van der Waals surface area contributed by atoms with Crippen molar-refractivity contribution in [3.8, 4) is 6.07 Å². The van der Waals surface area contributed by atoms with E-state index in [1.807, 2.05) is 10.8 Å². The van der Waals surface area contributed by atoms with Crippen LogP contribution in [0.1, 0.15) is 11.1 Å². The Morgan fingerprint density at radius 2 is 1.95 bits per heavy atom. The SMILES string of the molecule is Cc1cc(S(=O)(=O)Nc2ccc(F)nc2F)ccc1C#N. The average Bonchev–Trinajstić information content (AvgIpc) is 2.42. The molecule has 21 heavy (non-hydrogen) atoms. The summed E-state index contributed by atoms with van der Waals surface area (Å²) in [4.78, 5) is 2.76. The lowest BCUT2D eigenvalue weighted by atomic mass is 10.1. The summed E-state index contributed by atoms with van der Waals surface area (Å²) in [5, 5.41) is 8.80. The molecule has 5 nitrogen and oxygen atoms in total. The van der Waals surface area contributed by atoms with Crippen LogP contribution in [0, 0.1) is 30.2 Å². The van der Waals surface area contributed by atoms with Crippen molar-refractivity contribution in [2.45, 2.75) is 11.8 Å². The molecule has 2 rings (SSSR count). The number of benzene rings is 1. The maximum atomic E-state index is 13.4. The van der Waals surface area contributed by atoms with Crippen molar-refractivity contribution < 1.29 is 17.2 Å².